The van der Waals surface area contributed by atoms with Crippen molar-refractivity contribution in [3.63, 3.8) is 0 Å². The van der Waals surface area contributed by atoms with E-state index in [-0.39, 0.29) is 5.41 Å². The van der Waals surface area contributed by atoms with Crippen molar-refractivity contribution in [2.45, 2.75) is 19.3 Å². The summed E-state index contributed by atoms with van der Waals surface area (Å²) in [5, 5.41) is 2.52. The third-order valence-electron chi connectivity index (χ3n) is 8.79. The number of pyridine rings is 1. The molecule has 2 heterocycles. The van der Waals surface area contributed by atoms with E-state index in [1.807, 2.05) is 42.7 Å². The fourth-order valence-corrected chi connectivity index (χ4v) is 6.62. The highest BCUT2D eigenvalue weighted by atomic mass is 14.9. The van der Waals surface area contributed by atoms with Gasteiger partial charge < -0.3 is 0 Å². The number of aromatic nitrogens is 3. The molecule has 8 rings (SSSR count). The number of rotatable bonds is 4. The Kier molecular flexibility index (Phi) is 5.80. The molecule has 204 valence electrons. The second-order valence-corrected chi connectivity index (χ2v) is 11.7. The molecule has 0 amide bonds. The summed E-state index contributed by atoms with van der Waals surface area (Å²) in [6.45, 7) is 4.67. The van der Waals surface area contributed by atoms with Gasteiger partial charge in [0.15, 0.2) is 5.82 Å². The van der Waals surface area contributed by atoms with Gasteiger partial charge >= 0.3 is 0 Å². The van der Waals surface area contributed by atoms with Gasteiger partial charge in [-0.25, -0.2) is 9.97 Å². The first-order chi connectivity index (χ1) is 21.1. The summed E-state index contributed by atoms with van der Waals surface area (Å²) in [5.74, 6) is 0.714. The van der Waals surface area contributed by atoms with Gasteiger partial charge in [-0.2, -0.15) is 0 Å². The Labute approximate surface area is 251 Å². The van der Waals surface area contributed by atoms with Crippen LogP contribution in [0.2, 0.25) is 0 Å². The van der Waals surface area contributed by atoms with Crippen molar-refractivity contribution in [3.05, 3.63) is 151 Å². The number of hydrogen-bond donors (Lipinski definition) is 0. The van der Waals surface area contributed by atoms with Crippen LogP contribution in [-0.4, -0.2) is 15.0 Å². The lowest BCUT2D eigenvalue weighted by Crippen LogP contribution is -2.14. The van der Waals surface area contributed by atoms with E-state index in [1.54, 1.807) is 0 Å². The highest BCUT2D eigenvalue weighted by Gasteiger charge is 2.37. The van der Waals surface area contributed by atoms with E-state index in [9.17, 15) is 0 Å². The summed E-state index contributed by atoms with van der Waals surface area (Å²) >= 11 is 0. The van der Waals surface area contributed by atoms with Crippen LogP contribution in [0, 0.1) is 0 Å². The maximum Gasteiger partial charge on any atom is 0.160 e. The van der Waals surface area contributed by atoms with Crippen LogP contribution in [0.3, 0.4) is 0 Å². The summed E-state index contributed by atoms with van der Waals surface area (Å²) < 4.78 is 0. The lowest BCUT2D eigenvalue weighted by molar-refractivity contribution is 0.661. The SMILES string of the molecule is CC1(C)c2cc3ccccc3cc2-c2c(-c3cc(-c4ccccc4-c4ccncc4)nc(-c4ccccc4)n3)cccc21. The largest absolute Gasteiger partial charge is 0.265 e. The highest BCUT2D eigenvalue weighted by Crippen LogP contribution is 2.53. The summed E-state index contributed by atoms with van der Waals surface area (Å²) in [7, 11) is 0. The first-order valence-corrected chi connectivity index (χ1v) is 14.7. The second-order valence-electron chi connectivity index (χ2n) is 11.7. The van der Waals surface area contributed by atoms with Gasteiger partial charge in [0.05, 0.1) is 11.4 Å². The van der Waals surface area contributed by atoms with Gasteiger partial charge in [0.2, 0.25) is 0 Å². The summed E-state index contributed by atoms with van der Waals surface area (Å²) in [5.41, 5.74) is 12.3. The van der Waals surface area contributed by atoms with Crippen molar-refractivity contribution in [1.29, 1.82) is 0 Å². The molecule has 0 unspecified atom stereocenters. The van der Waals surface area contributed by atoms with Crippen LogP contribution in [0.4, 0.5) is 0 Å². The second kappa shape index (κ2) is 9.85. The minimum Gasteiger partial charge on any atom is -0.265 e. The van der Waals surface area contributed by atoms with Crippen LogP contribution >= 0.6 is 0 Å². The van der Waals surface area contributed by atoms with E-state index in [2.05, 4.69) is 116 Å². The Hall–Kier alpha value is -5.41. The van der Waals surface area contributed by atoms with Crippen LogP contribution in [0.15, 0.2) is 140 Å². The van der Waals surface area contributed by atoms with Gasteiger partial charge in [-0.05, 0) is 74.5 Å². The molecule has 1 aliphatic carbocycles. The molecule has 0 saturated carbocycles. The zero-order valence-electron chi connectivity index (χ0n) is 24.1. The first kappa shape index (κ1) is 25.3. The zero-order valence-corrected chi connectivity index (χ0v) is 24.1. The Morgan fingerprint density at radius 1 is 0.465 bits per heavy atom. The van der Waals surface area contributed by atoms with E-state index in [4.69, 9.17) is 9.97 Å². The van der Waals surface area contributed by atoms with Crippen LogP contribution in [0.25, 0.3) is 66.9 Å². The van der Waals surface area contributed by atoms with Gasteiger partial charge in [-0.1, -0.05) is 111 Å². The van der Waals surface area contributed by atoms with Crippen molar-refractivity contribution in [3.8, 4) is 56.2 Å². The Balaban J connectivity index is 1.40. The van der Waals surface area contributed by atoms with Crippen LogP contribution in [0.5, 0.6) is 0 Å². The number of fused-ring (bicyclic) bond motifs is 4. The monoisotopic (exact) mass is 551 g/mol. The highest BCUT2D eigenvalue weighted by molar-refractivity contribution is 5.98. The average molecular weight is 552 g/mol. The van der Waals surface area contributed by atoms with Crippen molar-refractivity contribution < 1.29 is 0 Å². The van der Waals surface area contributed by atoms with Crippen molar-refractivity contribution >= 4 is 10.8 Å². The summed E-state index contributed by atoms with van der Waals surface area (Å²) in [6.07, 6.45) is 3.67. The number of nitrogens with zero attached hydrogens (tertiary/aromatic N) is 3. The van der Waals surface area contributed by atoms with E-state index >= 15 is 0 Å². The fraction of sp³-hybridized carbons (Fsp3) is 0.0750. The predicted octanol–water partition coefficient (Wildman–Crippen LogP) is 10.00. The van der Waals surface area contributed by atoms with Gasteiger partial charge in [0.1, 0.15) is 0 Å². The molecule has 1 aliphatic rings. The van der Waals surface area contributed by atoms with E-state index in [1.165, 1.54) is 33.0 Å². The van der Waals surface area contributed by atoms with Gasteiger partial charge in [-0.3, -0.25) is 4.98 Å². The molecule has 3 nitrogen and oxygen atoms in total. The normalized spacial score (nSPS) is 13.1. The van der Waals surface area contributed by atoms with Crippen LogP contribution in [0.1, 0.15) is 25.0 Å². The number of benzene rings is 5. The third kappa shape index (κ3) is 4.16. The van der Waals surface area contributed by atoms with E-state index < -0.39 is 0 Å². The zero-order chi connectivity index (χ0) is 29.0. The Bertz CT molecular complexity index is 2150. The molecule has 7 aromatic rings. The molecule has 0 atom stereocenters. The summed E-state index contributed by atoms with van der Waals surface area (Å²) in [4.78, 5) is 14.6. The molecule has 43 heavy (non-hydrogen) atoms. The van der Waals surface area contributed by atoms with Crippen molar-refractivity contribution in [1.82, 2.24) is 15.0 Å². The average Bonchev–Trinajstić information content (AvgIpc) is 3.30. The van der Waals surface area contributed by atoms with Crippen LogP contribution < -0.4 is 0 Å². The van der Waals surface area contributed by atoms with Crippen molar-refractivity contribution in [2.24, 2.45) is 0 Å². The van der Waals surface area contributed by atoms with Crippen molar-refractivity contribution in [2.75, 3.05) is 0 Å². The molecule has 0 spiro atoms. The fourth-order valence-electron chi connectivity index (χ4n) is 6.62. The molecule has 0 aliphatic heterocycles. The Morgan fingerprint density at radius 3 is 1.86 bits per heavy atom. The molecule has 0 bridgehead atoms. The molecule has 0 radical (unpaired) electrons. The number of hydrogen-bond acceptors (Lipinski definition) is 3. The first-order valence-electron chi connectivity index (χ1n) is 14.7. The minimum absolute atomic E-state index is 0.128. The third-order valence-corrected chi connectivity index (χ3v) is 8.79. The van der Waals surface area contributed by atoms with Gasteiger partial charge in [0, 0.05) is 34.5 Å². The maximum absolute atomic E-state index is 5.24. The lowest BCUT2D eigenvalue weighted by Gasteiger charge is -2.22. The molecule has 0 fully saturated rings. The molecular weight excluding hydrogens is 522 g/mol. The quantitative estimate of drug-likeness (QED) is 0.218. The molecule has 2 aromatic heterocycles. The van der Waals surface area contributed by atoms with Gasteiger partial charge in [-0.15, -0.1) is 0 Å². The molecule has 0 saturated heterocycles. The lowest BCUT2D eigenvalue weighted by atomic mass is 9.81. The minimum atomic E-state index is -0.128. The van der Waals surface area contributed by atoms with Crippen LogP contribution in [-0.2, 0) is 5.41 Å². The molecule has 0 N–H and O–H groups in total. The topological polar surface area (TPSA) is 38.7 Å². The Morgan fingerprint density at radius 2 is 1.09 bits per heavy atom. The standard InChI is InChI=1S/C40H29N3/c1-40(2)34-18-10-17-32(38(34)33-23-28-13-6-7-14-29(28)24-35(33)40)37-25-36(42-39(43-37)27-11-4-3-5-12-27)31-16-9-8-15-30(31)26-19-21-41-22-20-26/h3-25H,1-2H3. The predicted molar refractivity (Wildman–Crippen MR) is 177 cm³/mol. The molecule has 5 aromatic carbocycles. The maximum atomic E-state index is 5.24. The summed E-state index contributed by atoms with van der Waals surface area (Å²) in [6, 6.07) is 45.0. The molecule has 3 heteroatoms. The van der Waals surface area contributed by atoms with E-state index in [0.717, 1.165) is 39.2 Å². The van der Waals surface area contributed by atoms with Gasteiger partial charge in [0.25, 0.3) is 0 Å². The molecular formula is C40H29N3. The smallest absolute Gasteiger partial charge is 0.160 e. The van der Waals surface area contributed by atoms with E-state index in [0.29, 0.717) is 5.82 Å².